The minimum Gasteiger partial charge on any atom is -0.315 e. The van der Waals surface area contributed by atoms with Crippen molar-refractivity contribution in [1.82, 2.24) is 15.2 Å². The molecule has 20 heavy (non-hydrogen) atoms. The SMILES string of the molecule is CN(CC(=O)Nc1ncc(Cl)cc1Cl)C1CCCNC1. The Bertz CT molecular complexity index is 477. The minimum atomic E-state index is -0.130. The van der Waals surface area contributed by atoms with Gasteiger partial charge in [-0.1, -0.05) is 23.2 Å². The zero-order chi connectivity index (χ0) is 14.5. The number of aromatic nitrogens is 1. The second-order valence-electron chi connectivity index (χ2n) is 4.95. The molecule has 1 aromatic heterocycles. The second kappa shape index (κ2) is 7.22. The third-order valence-corrected chi connectivity index (χ3v) is 3.85. The summed E-state index contributed by atoms with van der Waals surface area (Å²) in [6.45, 7) is 2.29. The van der Waals surface area contributed by atoms with Gasteiger partial charge in [0.1, 0.15) is 0 Å². The number of hydrogen-bond donors (Lipinski definition) is 2. The molecule has 110 valence electrons. The molecule has 1 unspecified atom stereocenters. The van der Waals surface area contributed by atoms with Crippen LogP contribution in [0.25, 0.3) is 0 Å². The lowest BCUT2D eigenvalue weighted by Crippen LogP contribution is -2.46. The molecule has 2 heterocycles. The topological polar surface area (TPSA) is 57.3 Å². The number of likely N-dealkylation sites (N-methyl/N-ethyl adjacent to an activating group) is 1. The van der Waals surface area contributed by atoms with Gasteiger partial charge in [0.05, 0.1) is 16.6 Å². The predicted molar refractivity (Wildman–Crippen MR) is 81.4 cm³/mol. The van der Waals surface area contributed by atoms with Crippen LogP contribution in [0.2, 0.25) is 10.0 Å². The van der Waals surface area contributed by atoms with Gasteiger partial charge >= 0.3 is 0 Å². The Balaban J connectivity index is 1.88. The Kier molecular flexibility index (Phi) is 5.60. The van der Waals surface area contributed by atoms with E-state index in [0.717, 1.165) is 25.9 Å². The first-order valence-electron chi connectivity index (χ1n) is 6.58. The largest absolute Gasteiger partial charge is 0.315 e. The van der Waals surface area contributed by atoms with E-state index in [9.17, 15) is 4.79 Å². The van der Waals surface area contributed by atoms with Crippen LogP contribution in [0, 0.1) is 0 Å². The van der Waals surface area contributed by atoms with Crippen LogP contribution in [0.3, 0.4) is 0 Å². The highest BCUT2D eigenvalue weighted by atomic mass is 35.5. The number of pyridine rings is 1. The van der Waals surface area contributed by atoms with Gasteiger partial charge in [-0.2, -0.15) is 0 Å². The molecule has 0 aromatic carbocycles. The van der Waals surface area contributed by atoms with Crippen molar-refractivity contribution in [2.75, 3.05) is 32.0 Å². The monoisotopic (exact) mass is 316 g/mol. The lowest BCUT2D eigenvalue weighted by atomic mass is 10.1. The van der Waals surface area contributed by atoms with Crippen molar-refractivity contribution in [3.05, 3.63) is 22.3 Å². The Labute approximate surface area is 128 Å². The van der Waals surface area contributed by atoms with Crippen molar-refractivity contribution in [1.29, 1.82) is 0 Å². The number of carbonyl (C=O) groups excluding carboxylic acids is 1. The lowest BCUT2D eigenvalue weighted by molar-refractivity contribution is -0.117. The van der Waals surface area contributed by atoms with E-state index in [4.69, 9.17) is 23.2 Å². The van der Waals surface area contributed by atoms with E-state index >= 15 is 0 Å². The van der Waals surface area contributed by atoms with Gasteiger partial charge in [0.2, 0.25) is 5.91 Å². The van der Waals surface area contributed by atoms with Gasteiger partial charge in [0, 0.05) is 18.8 Å². The third-order valence-electron chi connectivity index (χ3n) is 3.35. The number of piperidine rings is 1. The van der Waals surface area contributed by atoms with Gasteiger partial charge in [-0.25, -0.2) is 4.98 Å². The maximum Gasteiger partial charge on any atom is 0.239 e. The zero-order valence-corrected chi connectivity index (χ0v) is 12.8. The molecule has 1 aliphatic heterocycles. The molecular formula is C13H18Cl2N4O. The highest BCUT2D eigenvalue weighted by Gasteiger charge is 2.20. The second-order valence-corrected chi connectivity index (χ2v) is 5.79. The van der Waals surface area contributed by atoms with Crippen LogP contribution in [0.1, 0.15) is 12.8 Å². The number of hydrogen-bond acceptors (Lipinski definition) is 4. The fourth-order valence-electron chi connectivity index (χ4n) is 2.24. The number of nitrogens with one attached hydrogen (secondary N) is 2. The van der Waals surface area contributed by atoms with Gasteiger partial charge in [-0.05, 0) is 32.5 Å². The van der Waals surface area contributed by atoms with Crippen molar-refractivity contribution < 1.29 is 4.79 Å². The van der Waals surface area contributed by atoms with Gasteiger partial charge in [0.15, 0.2) is 5.82 Å². The molecule has 0 spiro atoms. The average molecular weight is 317 g/mol. The Morgan fingerprint density at radius 3 is 3.05 bits per heavy atom. The standard InChI is InChI=1S/C13H18Cl2N4O/c1-19(10-3-2-4-16-7-10)8-12(20)18-13-11(15)5-9(14)6-17-13/h5-6,10,16H,2-4,7-8H2,1H3,(H,17,18,20). The molecule has 2 rings (SSSR count). The van der Waals surface area contributed by atoms with Crippen LogP contribution >= 0.6 is 23.2 Å². The fourth-order valence-corrected chi connectivity index (χ4v) is 2.67. The summed E-state index contributed by atoms with van der Waals surface area (Å²) in [7, 11) is 1.95. The van der Waals surface area contributed by atoms with E-state index in [2.05, 4.69) is 15.6 Å². The number of anilines is 1. The van der Waals surface area contributed by atoms with Crippen molar-refractivity contribution in [3.63, 3.8) is 0 Å². The van der Waals surface area contributed by atoms with E-state index in [0.29, 0.717) is 28.4 Å². The van der Waals surface area contributed by atoms with Crippen LogP contribution in [0.5, 0.6) is 0 Å². The Morgan fingerprint density at radius 1 is 1.60 bits per heavy atom. The summed E-state index contributed by atoms with van der Waals surface area (Å²) in [5.41, 5.74) is 0. The molecule has 2 N–H and O–H groups in total. The van der Waals surface area contributed by atoms with E-state index < -0.39 is 0 Å². The molecule has 1 fully saturated rings. The molecule has 5 nitrogen and oxygen atoms in total. The van der Waals surface area contributed by atoms with Crippen molar-refractivity contribution >= 4 is 34.9 Å². The molecule has 1 saturated heterocycles. The first kappa shape index (κ1) is 15.5. The summed E-state index contributed by atoms with van der Waals surface area (Å²) in [5.74, 6) is 0.214. The third kappa shape index (κ3) is 4.31. The maximum absolute atomic E-state index is 12.0. The number of carbonyl (C=O) groups is 1. The highest BCUT2D eigenvalue weighted by molar-refractivity contribution is 6.36. The van der Waals surface area contributed by atoms with E-state index in [1.54, 1.807) is 6.07 Å². The zero-order valence-electron chi connectivity index (χ0n) is 11.3. The van der Waals surface area contributed by atoms with Crippen LogP contribution in [-0.4, -0.2) is 48.5 Å². The summed E-state index contributed by atoms with van der Waals surface area (Å²) in [4.78, 5) is 18.1. The number of amides is 1. The van der Waals surface area contributed by atoms with Crippen molar-refractivity contribution in [2.24, 2.45) is 0 Å². The summed E-state index contributed by atoms with van der Waals surface area (Å²) in [6, 6.07) is 1.95. The van der Waals surface area contributed by atoms with Crippen molar-refractivity contribution in [2.45, 2.75) is 18.9 Å². The summed E-state index contributed by atoms with van der Waals surface area (Å²) in [5, 5.41) is 6.82. The molecule has 1 aliphatic rings. The van der Waals surface area contributed by atoms with Crippen LogP contribution in [0.15, 0.2) is 12.3 Å². The normalized spacial score (nSPS) is 19.1. The predicted octanol–water partition coefficient (Wildman–Crippen LogP) is 2.01. The first-order valence-corrected chi connectivity index (χ1v) is 7.33. The number of nitrogens with zero attached hydrogens (tertiary/aromatic N) is 2. The lowest BCUT2D eigenvalue weighted by Gasteiger charge is -2.31. The maximum atomic E-state index is 12.0. The van der Waals surface area contributed by atoms with Gasteiger partial charge in [0.25, 0.3) is 0 Å². The fraction of sp³-hybridized carbons (Fsp3) is 0.538. The molecule has 1 aromatic rings. The molecule has 7 heteroatoms. The van der Waals surface area contributed by atoms with E-state index in [1.165, 1.54) is 6.20 Å². The van der Waals surface area contributed by atoms with Crippen LogP contribution in [0.4, 0.5) is 5.82 Å². The van der Waals surface area contributed by atoms with Crippen molar-refractivity contribution in [3.8, 4) is 0 Å². The summed E-state index contributed by atoms with van der Waals surface area (Å²) >= 11 is 11.7. The smallest absolute Gasteiger partial charge is 0.239 e. The van der Waals surface area contributed by atoms with Crippen LogP contribution < -0.4 is 10.6 Å². The van der Waals surface area contributed by atoms with Gasteiger partial charge in [-0.3, -0.25) is 9.69 Å². The number of halogens is 2. The van der Waals surface area contributed by atoms with E-state index in [1.807, 2.05) is 11.9 Å². The highest BCUT2D eigenvalue weighted by Crippen LogP contribution is 2.22. The summed E-state index contributed by atoms with van der Waals surface area (Å²) in [6.07, 6.45) is 3.70. The minimum absolute atomic E-state index is 0.130. The number of rotatable bonds is 4. The summed E-state index contributed by atoms with van der Waals surface area (Å²) < 4.78 is 0. The molecule has 0 radical (unpaired) electrons. The van der Waals surface area contributed by atoms with Gasteiger partial charge < -0.3 is 10.6 Å². The Morgan fingerprint density at radius 2 is 2.40 bits per heavy atom. The molecule has 0 saturated carbocycles. The van der Waals surface area contributed by atoms with Gasteiger partial charge in [-0.15, -0.1) is 0 Å². The Hall–Kier alpha value is -0.880. The quantitative estimate of drug-likeness (QED) is 0.892. The van der Waals surface area contributed by atoms with E-state index in [-0.39, 0.29) is 5.91 Å². The van der Waals surface area contributed by atoms with Crippen LogP contribution in [-0.2, 0) is 4.79 Å². The average Bonchev–Trinajstić information content (AvgIpc) is 2.43. The molecule has 1 amide bonds. The molecular weight excluding hydrogens is 299 g/mol. The molecule has 1 atom stereocenters. The molecule has 0 bridgehead atoms. The first-order chi connectivity index (χ1) is 9.56. The molecule has 0 aliphatic carbocycles.